The van der Waals surface area contributed by atoms with Crippen molar-refractivity contribution in [1.29, 1.82) is 0 Å². The third-order valence-electron chi connectivity index (χ3n) is 8.02. The molecule has 0 aliphatic heterocycles. The van der Waals surface area contributed by atoms with Crippen LogP contribution >= 0.6 is 11.6 Å². The van der Waals surface area contributed by atoms with Crippen molar-refractivity contribution in [3.63, 3.8) is 0 Å². The number of fused-ring (bicyclic) bond motifs is 3. The van der Waals surface area contributed by atoms with Gasteiger partial charge in [-0.05, 0) is 84.9 Å². The summed E-state index contributed by atoms with van der Waals surface area (Å²) >= 11 is 6.55. The highest BCUT2D eigenvalue weighted by atomic mass is 35.5. The van der Waals surface area contributed by atoms with Crippen molar-refractivity contribution in [2.24, 2.45) is 0 Å². The normalized spacial score (nSPS) is 11.4. The van der Waals surface area contributed by atoms with E-state index >= 15 is 0 Å². The minimum Gasteiger partial charge on any atom is -0.208 e. The number of hydrogen-bond acceptors (Lipinski definition) is 3. The summed E-state index contributed by atoms with van der Waals surface area (Å²) in [5.74, 6) is 1.09. The van der Waals surface area contributed by atoms with Crippen molar-refractivity contribution in [1.82, 2.24) is 15.0 Å². The molecular weight excluding hydrogens is 546 g/mol. The van der Waals surface area contributed by atoms with Crippen molar-refractivity contribution in [3.8, 4) is 45.0 Å². The van der Waals surface area contributed by atoms with E-state index in [9.17, 15) is 0 Å². The van der Waals surface area contributed by atoms with Crippen molar-refractivity contribution < 1.29 is 0 Å². The average molecular weight is 570 g/mol. The number of nitrogens with zero attached hydrogens (tertiary/aromatic N) is 3. The fraction of sp³-hybridized carbons (Fsp3) is 0. The zero-order valence-electron chi connectivity index (χ0n) is 23.1. The van der Waals surface area contributed by atoms with E-state index in [2.05, 4.69) is 137 Å². The van der Waals surface area contributed by atoms with Crippen LogP contribution < -0.4 is 0 Å². The van der Waals surface area contributed by atoms with Gasteiger partial charge in [0.05, 0.1) is 0 Å². The zero-order chi connectivity index (χ0) is 28.8. The number of benzene rings is 7. The minimum absolute atomic E-state index is 0.166. The Bertz CT molecular complexity index is 2310. The van der Waals surface area contributed by atoms with Gasteiger partial charge >= 0.3 is 0 Å². The summed E-state index contributed by atoms with van der Waals surface area (Å²) in [6.45, 7) is 0. The van der Waals surface area contributed by atoms with Crippen LogP contribution in [0, 0.1) is 0 Å². The second kappa shape index (κ2) is 10.5. The van der Waals surface area contributed by atoms with Gasteiger partial charge in [0.15, 0.2) is 11.6 Å². The van der Waals surface area contributed by atoms with Crippen LogP contribution in [-0.4, -0.2) is 15.0 Å². The molecule has 0 N–H and O–H groups in total. The monoisotopic (exact) mass is 569 g/mol. The van der Waals surface area contributed by atoms with Crippen LogP contribution in [0.4, 0.5) is 0 Å². The van der Waals surface area contributed by atoms with Gasteiger partial charge in [0.25, 0.3) is 0 Å². The van der Waals surface area contributed by atoms with Gasteiger partial charge in [-0.3, -0.25) is 0 Å². The van der Waals surface area contributed by atoms with E-state index in [1.54, 1.807) is 0 Å². The summed E-state index contributed by atoms with van der Waals surface area (Å²) in [5.41, 5.74) is 6.35. The third kappa shape index (κ3) is 4.70. The van der Waals surface area contributed by atoms with E-state index in [1.807, 2.05) is 18.2 Å². The Hall–Kier alpha value is -5.38. The molecule has 0 aliphatic carbocycles. The quantitative estimate of drug-likeness (QED) is 0.211. The number of aromatic nitrogens is 3. The molecule has 202 valence electrons. The summed E-state index contributed by atoms with van der Waals surface area (Å²) < 4.78 is 0. The van der Waals surface area contributed by atoms with E-state index in [1.165, 1.54) is 21.9 Å². The molecular formula is C39H24ClN3. The fourth-order valence-electron chi connectivity index (χ4n) is 5.91. The number of hydrogen-bond donors (Lipinski definition) is 0. The van der Waals surface area contributed by atoms with Crippen molar-refractivity contribution in [2.75, 3.05) is 0 Å². The summed E-state index contributed by atoms with van der Waals surface area (Å²) in [5, 5.41) is 7.19. The molecule has 1 heterocycles. The maximum atomic E-state index is 6.55. The molecule has 8 rings (SSSR count). The summed E-state index contributed by atoms with van der Waals surface area (Å²) in [6, 6.07) is 50.8. The van der Waals surface area contributed by atoms with Crippen LogP contribution in [0.25, 0.3) is 77.3 Å². The maximum Gasteiger partial charge on any atom is 0.226 e. The molecule has 0 unspecified atom stereocenters. The lowest BCUT2D eigenvalue weighted by Crippen LogP contribution is -1.99. The van der Waals surface area contributed by atoms with Crippen LogP contribution in [0.3, 0.4) is 0 Å². The van der Waals surface area contributed by atoms with E-state index < -0.39 is 0 Å². The molecule has 0 radical (unpaired) electrons. The second-order valence-corrected chi connectivity index (χ2v) is 11.0. The van der Waals surface area contributed by atoms with Gasteiger partial charge in [0, 0.05) is 16.7 Å². The van der Waals surface area contributed by atoms with E-state index in [0.29, 0.717) is 11.6 Å². The molecule has 0 bridgehead atoms. The summed E-state index contributed by atoms with van der Waals surface area (Å²) in [4.78, 5) is 14.1. The Labute approximate surface area is 254 Å². The molecule has 4 heteroatoms. The fourth-order valence-corrected chi connectivity index (χ4v) is 6.07. The topological polar surface area (TPSA) is 38.7 Å². The summed E-state index contributed by atoms with van der Waals surface area (Å²) in [6.07, 6.45) is 0. The second-order valence-electron chi connectivity index (χ2n) is 10.7. The van der Waals surface area contributed by atoms with Gasteiger partial charge in [-0.1, -0.05) is 121 Å². The van der Waals surface area contributed by atoms with E-state index in [-0.39, 0.29) is 5.28 Å². The molecule has 8 aromatic rings. The van der Waals surface area contributed by atoms with Crippen LogP contribution in [0.1, 0.15) is 0 Å². The minimum atomic E-state index is 0.166. The highest BCUT2D eigenvalue weighted by Gasteiger charge is 2.17. The Kier molecular flexibility index (Phi) is 6.17. The molecule has 3 nitrogen and oxygen atoms in total. The first-order chi connectivity index (χ1) is 21.2. The van der Waals surface area contributed by atoms with Gasteiger partial charge in [0.2, 0.25) is 5.28 Å². The smallest absolute Gasteiger partial charge is 0.208 e. The highest BCUT2D eigenvalue weighted by Crippen LogP contribution is 2.38. The molecule has 0 spiro atoms. The molecule has 43 heavy (non-hydrogen) atoms. The molecule has 0 saturated heterocycles. The van der Waals surface area contributed by atoms with Crippen molar-refractivity contribution in [2.45, 2.75) is 0 Å². The SMILES string of the molecule is Clc1nc(-c2ccc3cc(-c4ccc5ccccc5c4)ccc3c2)nc(-c2ccc3ccccc3c2-c2ccccc2)n1. The Morgan fingerprint density at radius 1 is 0.372 bits per heavy atom. The van der Waals surface area contributed by atoms with Crippen LogP contribution in [0.2, 0.25) is 5.28 Å². The Balaban J connectivity index is 1.22. The van der Waals surface area contributed by atoms with Crippen LogP contribution in [-0.2, 0) is 0 Å². The third-order valence-corrected chi connectivity index (χ3v) is 8.19. The first-order valence-electron chi connectivity index (χ1n) is 14.2. The largest absolute Gasteiger partial charge is 0.226 e. The lowest BCUT2D eigenvalue weighted by Gasteiger charge is -2.14. The average Bonchev–Trinajstić information content (AvgIpc) is 3.07. The molecule has 0 saturated carbocycles. The van der Waals surface area contributed by atoms with E-state index in [4.69, 9.17) is 16.6 Å². The lowest BCUT2D eigenvalue weighted by atomic mass is 9.93. The highest BCUT2D eigenvalue weighted by molar-refractivity contribution is 6.28. The molecule has 1 aromatic heterocycles. The number of halogens is 1. The Morgan fingerprint density at radius 2 is 0.907 bits per heavy atom. The van der Waals surface area contributed by atoms with Crippen LogP contribution in [0.5, 0.6) is 0 Å². The van der Waals surface area contributed by atoms with Gasteiger partial charge < -0.3 is 0 Å². The van der Waals surface area contributed by atoms with Gasteiger partial charge in [-0.2, -0.15) is 9.97 Å². The zero-order valence-corrected chi connectivity index (χ0v) is 23.8. The first kappa shape index (κ1) is 25.3. The molecule has 7 aromatic carbocycles. The van der Waals surface area contributed by atoms with Crippen molar-refractivity contribution >= 4 is 43.9 Å². The van der Waals surface area contributed by atoms with Crippen molar-refractivity contribution in [3.05, 3.63) is 151 Å². The maximum absolute atomic E-state index is 6.55. The Morgan fingerprint density at radius 3 is 1.67 bits per heavy atom. The molecule has 0 amide bonds. The van der Waals surface area contributed by atoms with Gasteiger partial charge in [0.1, 0.15) is 0 Å². The molecule has 0 aliphatic rings. The summed E-state index contributed by atoms with van der Waals surface area (Å²) in [7, 11) is 0. The lowest BCUT2D eigenvalue weighted by molar-refractivity contribution is 1.07. The number of rotatable bonds is 4. The van der Waals surface area contributed by atoms with Gasteiger partial charge in [-0.25, -0.2) is 4.98 Å². The van der Waals surface area contributed by atoms with Crippen LogP contribution in [0.15, 0.2) is 146 Å². The van der Waals surface area contributed by atoms with E-state index in [0.717, 1.165) is 43.8 Å². The predicted molar refractivity (Wildman–Crippen MR) is 179 cm³/mol. The first-order valence-corrected chi connectivity index (χ1v) is 14.6. The standard InChI is InChI=1S/C39H24ClN3/c40-39-42-37(41-38(43-39)35-21-20-26-9-6-7-13-34(26)36(35)27-10-2-1-3-11-27)33-19-18-31-23-30(16-17-32(31)24-33)29-15-14-25-8-4-5-12-28(25)22-29/h1-24H. The van der Waals surface area contributed by atoms with Gasteiger partial charge in [-0.15, -0.1) is 0 Å². The molecule has 0 atom stereocenters. The molecule has 0 fully saturated rings. The predicted octanol–water partition coefficient (Wildman–Crippen LogP) is 10.7.